The van der Waals surface area contributed by atoms with Gasteiger partial charge in [-0.15, -0.1) is 0 Å². The third-order valence-corrected chi connectivity index (χ3v) is 6.62. The van der Waals surface area contributed by atoms with Crippen molar-refractivity contribution in [1.82, 2.24) is 4.31 Å². The number of rotatable bonds is 5. The molecule has 112 valence electrons. The van der Waals surface area contributed by atoms with E-state index in [0.29, 0.717) is 12.3 Å². The molecule has 0 aromatic heterocycles. The summed E-state index contributed by atoms with van der Waals surface area (Å²) in [6.45, 7) is 0.301. The summed E-state index contributed by atoms with van der Waals surface area (Å²) in [4.78, 5) is 0.197. The van der Waals surface area contributed by atoms with E-state index >= 15 is 0 Å². The largest absolute Gasteiger partial charge is 0.495 e. The zero-order valence-corrected chi connectivity index (χ0v) is 13.3. The topological polar surface area (TPSA) is 72.6 Å². The van der Waals surface area contributed by atoms with Crippen LogP contribution >= 0.6 is 11.8 Å². The van der Waals surface area contributed by atoms with E-state index in [-0.39, 0.29) is 10.9 Å². The lowest BCUT2D eigenvalue weighted by Gasteiger charge is -2.24. The average Bonchev–Trinajstić information content (AvgIpc) is 2.99. The van der Waals surface area contributed by atoms with Crippen molar-refractivity contribution in [3.63, 3.8) is 0 Å². The van der Waals surface area contributed by atoms with Gasteiger partial charge in [0.1, 0.15) is 10.6 Å². The molecule has 1 saturated heterocycles. The van der Waals surface area contributed by atoms with Gasteiger partial charge in [-0.05, 0) is 29.9 Å². The Morgan fingerprint density at radius 3 is 2.80 bits per heavy atom. The van der Waals surface area contributed by atoms with Crippen LogP contribution in [0, 0.1) is 0 Å². The van der Waals surface area contributed by atoms with Gasteiger partial charge in [0.25, 0.3) is 0 Å². The van der Waals surface area contributed by atoms with E-state index in [1.165, 1.54) is 11.4 Å². The minimum atomic E-state index is -3.56. The molecule has 0 spiro atoms. The normalized spacial score (nSPS) is 19.5. The highest BCUT2D eigenvalue weighted by Gasteiger charge is 2.32. The van der Waals surface area contributed by atoms with Crippen LogP contribution in [0.25, 0.3) is 0 Å². The molecule has 1 heterocycles. The van der Waals surface area contributed by atoms with Crippen LogP contribution in [0.3, 0.4) is 0 Å². The van der Waals surface area contributed by atoms with E-state index < -0.39 is 10.0 Å². The van der Waals surface area contributed by atoms with E-state index in [0.717, 1.165) is 23.5 Å². The van der Waals surface area contributed by atoms with Gasteiger partial charge >= 0.3 is 0 Å². The quantitative estimate of drug-likeness (QED) is 0.886. The maximum absolute atomic E-state index is 12.8. The van der Waals surface area contributed by atoms with Crippen LogP contribution in [0.4, 0.5) is 0 Å². The van der Waals surface area contributed by atoms with Crippen LogP contribution < -0.4 is 10.5 Å². The van der Waals surface area contributed by atoms with Crippen molar-refractivity contribution in [2.24, 2.45) is 5.73 Å². The smallest absolute Gasteiger partial charge is 0.246 e. The molecule has 5 nitrogen and oxygen atoms in total. The average molecular weight is 316 g/mol. The molecule has 1 atom stereocenters. The Bertz CT molecular complexity index is 569. The van der Waals surface area contributed by atoms with Crippen molar-refractivity contribution in [3.05, 3.63) is 23.8 Å². The highest BCUT2D eigenvalue weighted by Crippen LogP contribution is 2.31. The molecular formula is C13H20N2O3S2. The molecule has 2 N–H and O–H groups in total. The first-order valence-electron chi connectivity index (χ1n) is 6.43. The number of ether oxygens (including phenoxy) is 1. The van der Waals surface area contributed by atoms with Gasteiger partial charge in [-0.3, -0.25) is 0 Å². The number of thioether (sulfide) groups is 1. The minimum Gasteiger partial charge on any atom is -0.495 e. The number of benzene rings is 1. The molecule has 0 saturated carbocycles. The summed E-state index contributed by atoms with van der Waals surface area (Å²) in [6.07, 6.45) is 0.888. The molecule has 0 bridgehead atoms. The van der Waals surface area contributed by atoms with Crippen molar-refractivity contribution < 1.29 is 13.2 Å². The Labute approximate surface area is 124 Å². The molecule has 2 rings (SSSR count). The highest BCUT2D eigenvalue weighted by atomic mass is 32.2. The number of hydrogen-bond acceptors (Lipinski definition) is 5. The molecule has 20 heavy (non-hydrogen) atoms. The molecule has 1 fully saturated rings. The van der Waals surface area contributed by atoms with E-state index in [1.807, 2.05) is 0 Å². The van der Waals surface area contributed by atoms with Crippen LogP contribution in [-0.4, -0.2) is 44.4 Å². The van der Waals surface area contributed by atoms with Crippen molar-refractivity contribution >= 4 is 21.8 Å². The fourth-order valence-corrected chi connectivity index (χ4v) is 5.16. The molecule has 7 heteroatoms. The minimum absolute atomic E-state index is 0.0521. The van der Waals surface area contributed by atoms with Gasteiger partial charge in [0, 0.05) is 25.4 Å². The Morgan fingerprint density at radius 1 is 1.50 bits per heavy atom. The van der Waals surface area contributed by atoms with Crippen molar-refractivity contribution in [2.75, 3.05) is 25.7 Å². The molecule has 0 amide bonds. The van der Waals surface area contributed by atoms with Crippen LogP contribution in [0.2, 0.25) is 0 Å². The predicted molar refractivity (Wildman–Crippen MR) is 81.6 cm³/mol. The number of nitrogens with two attached hydrogens (primary N) is 1. The van der Waals surface area contributed by atoms with Crippen LogP contribution in [0.1, 0.15) is 12.0 Å². The number of hydrogen-bond donors (Lipinski definition) is 1. The van der Waals surface area contributed by atoms with Gasteiger partial charge in [-0.1, -0.05) is 6.07 Å². The lowest BCUT2D eigenvalue weighted by Crippen LogP contribution is -2.37. The molecule has 1 aromatic rings. The first kappa shape index (κ1) is 15.6. The van der Waals surface area contributed by atoms with Gasteiger partial charge in [0.2, 0.25) is 10.0 Å². The Kier molecular flexibility index (Phi) is 4.95. The summed E-state index contributed by atoms with van der Waals surface area (Å²) in [7, 11) is -0.445. The highest BCUT2D eigenvalue weighted by molar-refractivity contribution is 7.99. The van der Waals surface area contributed by atoms with E-state index in [2.05, 4.69) is 0 Å². The van der Waals surface area contributed by atoms with Crippen LogP contribution in [-0.2, 0) is 16.6 Å². The van der Waals surface area contributed by atoms with E-state index in [1.54, 1.807) is 37.0 Å². The van der Waals surface area contributed by atoms with Gasteiger partial charge in [-0.25, -0.2) is 8.42 Å². The van der Waals surface area contributed by atoms with Crippen LogP contribution in [0.5, 0.6) is 5.75 Å². The molecular weight excluding hydrogens is 296 g/mol. The molecule has 1 aliphatic heterocycles. The zero-order valence-electron chi connectivity index (χ0n) is 11.7. The SMILES string of the molecule is COc1ccc(CN)cc1S(=O)(=O)N(C)C1CCSC1. The molecule has 0 aliphatic carbocycles. The summed E-state index contributed by atoms with van der Waals surface area (Å²) < 4.78 is 32.2. The monoisotopic (exact) mass is 316 g/mol. The fourth-order valence-electron chi connectivity index (χ4n) is 2.21. The fraction of sp³-hybridized carbons (Fsp3) is 0.538. The second-order valence-corrected chi connectivity index (χ2v) is 7.84. The number of nitrogens with zero attached hydrogens (tertiary/aromatic N) is 1. The van der Waals surface area contributed by atoms with Crippen LogP contribution in [0.15, 0.2) is 23.1 Å². The molecule has 1 unspecified atom stereocenters. The summed E-state index contributed by atoms with van der Waals surface area (Å²) in [5.41, 5.74) is 6.38. The second kappa shape index (κ2) is 6.34. The standard InChI is InChI=1S/C13H20N2O3S2/c1-15(11-5-6-19-9-11)20(16,17)13-7-10(8-14)3-4-12(13)18-2/h3-4,7,11H,5-6,8-9,14H2,1-2H3. The van der Waals surface area contributed by atoms with E-state index in [4.69, 9.17) is 10.5 Å². The lowest BCUT2D eigenvalue weighted by molar-refractivity contribution is 0.380. The third-order valence-electron chi connectivity index (χ3n) is 3.54. The van der Waals surface area contributed by atoms with Gasteiger partial charge in [0.15, 0.2) is 0 Å². The van der Waals surface area contributed by atoms with E-state index in [9.17, 15) is 8.42 Å². The summed E-state index contributed by atoms with van der Waals surface area (Å²) >= 11 is 1.78. The lowest BCUT2D eigenvalue weighted by atomic mass is 10.2. The molecule has 1 aliphatic rings. The number of sulfonamides is 1. The Balaban J connectivity index is 2.41. The van der Waals surface area contributed by atoms with Gasteiger partial charge in [-0.2, -0.15) is 16.1 Å². The first-order chi connectivity index (χ1) is 9.50. The predicted octanol–water partition coefficient (Wildman–Crippen LogP) is 1.28. The van der Waals surface area contributed by atoms with Crippen molar-refractivity contribution in [3.8, 4) is 5.75 Å². The summed E-state index contributed by atoms with van der Waals surface area (Å²) in [6, 6.07) is 5.10. The molecule has 1 aromatic carbocycles. The summed E-state index contributed by atoms with van der Waals surface area (Å²) in [5, 5.41) is 0. The maximum Gasteiger partial charge on any atom is 0.246 e. The Hall–Kier alpha value is -0.760. The summed E-state index contributed by atoms with van der Waals surface area (Å²) in [5.74, 6) is 2.21. The maximum atomic E-state index is 12.8. The third kappa shape index (κ3) is 2.95. The zero-order chi connectivity index (χ0) is 14.8. The van der Waals surface area contributed by atoms with Gasteiger partial charge < -0.3 is 10.5 Å². The first-order valence-corrected chi connectivity index (χ1v) is 9.03. The van der Waals surface area contributed by atoms with Crippen molar-refractivity contribution in [1.29, 1.82) is 0 Å². The van der Waals surface area contributed by atoms with Crippen molar-refractivity contribution in [2.45, 2.75) is 23.9 Å². The number of methoxy groups -OCH3 is 1. The molecule has 0 radical (unpaired) electrons. The Morgan fingerprint density at radius 2 is 2.25 bits per heavy atom. The van der Waals surface area contributed by atoms with Gasteiger partial charge in [0.05, 0.1) is 7.11 Å². The second-order valence-electron chi connectivity index (χ2n) is 4.73.